The van der Waals surface area contributed by atoms with Crippen molar-refractivity contribution in [3.8, 4) is 0 Å². The summed E-state index contributed by atoms with van der Waals surface area (Å²) in [6.45, 7) is 6.80. The third-order valence-corrected chi connectivity index (χ3v) is 6.16. The van der Waals surface area contributed by atoms with Crippen LogP contribution in [0.15, 0.2) is 47.5 Å². The van der Waals surface area contributed by atoms with E-state index in [2.05, 4.69) is 35.9 Å². The zero-order valence-corrected chi connectivity index (χ0v) is 17.6. The van der Waals surface area contributed by atoms with E-state index in [1.54, 1.807) is 0 Å². The maximum absolute atomic E-state index is 13.7. The fourth-order valence-corrected chi connectivity index (χ4v) is 4.48. The van der Waals surface area contributed by atoms with Gasteiger partial charge in [-0.2, -0.15) is 4.99 Å². The van der Waals surface area contributed by atoms with Gasteiger partial charge in [0.1, 0.15) is 0 Å². The fraction of sp³-hybridized carbons (Fsp3) is 0.348. The summed E-state index contributed by atoms with van der Waals surface area (Å²) < 4.78 is 0. The summed E-state index contributed by atoms with van der Waals surface area (Å²) in [6, 6.07) is 13.6. The van der Waals surface area contributed by atoms with E-state index in [4.69, 9.17) is 0 Å². The first kappa shape index (κ1) is 19.2. The highest BCUT2D eigenvalue weighted by Crippen LogP contribution is 2.45. The van der Waals surface area contributed by atoms with Crippen molar-refractivity contribution < 1.29 is 9.59 Å². The van der Waals surface area contributed by atoms with Crippen LogP contribution >= 0.6 is 0 Å². The van der Waals surface area contributed by atoms with Crippen LogP contribution in [0.1, 0.15) is 23.6 Å². The number of carbonyl (C=O) groups is 2. The summed E-state index contributed by atoms with van der Waals surface area (Å²) in [6.07, 6.45) is 0.438. The van der Waals surface area contributed by atoms with Crippen molar-refractivity contribution in [2.45, 2.75) is 32.7 Å². The molecule has 6 nitrogen and oxygen atoms in total. The molecule has 0 fully saturated rings. The Morgan fingerprint density at radius 1 is 0.931 bits per heavy atom. The highest BCUT2D eigenvalue weighted by Gasteiger charge is 2.58. The van der Waals surface area contributed by atoms with Gasteiger partial charge in [-0.1, -0.05) is 30.3 Å². The molecule has 4 rings (SSSR count). The van der Waals surface area contributed by atoms with Crippen molar-refractivity contribution in [1.29, 1.82) is 0 Å². The zero-order chi connectivity index (χ0) is 20.9. The zero-order valence-electron chi connectivity index (χ0n) is 17.6. The largest absolute Gasteiger partial charge is 0.351 e. The van der Waals surface area contributed by atoms with Crippen molar-refractivity contribution in [2.24, 2.45) is 4.99 Å². The number of aryl methyl sites for hydroxylation is 2. The van der Waals surface area contributed by atoms with E-state index < -0.39 is 11.6 Å². The Labute approximate surface area is 171 Å². The number of amides is 3. The van der Waals surface area contributed by atoms with E-state index in [-0.39, 0.29) is 5.91 Å². The molecule has 6 heteroatoms. The molecule has 1 unspecified atom stereocenters. The van der Waals surface area contributed by atoms with Gasteiger partial charge in [0.15, 0.2) is 11.4 Å². The Morgan fingerprint density at radius 2 is 1.55 bits per heavy atom. The van der Waals surface area contributed by atoms with Gasteiger partial charge in [0.05, 0.1) is 11.4 Å². The molecule has 150 valence electrons. The van der Waals surface area contributed by atoms with Crippen LogP contribution in [0.25, 0.3) is 0 Å². The Balaban J connectivity index is 2.03. The molecule has 0 bridgehead atoms. The molecule has 2 heterocycles. The Hall–Kier alpha value is -3.15. The van der Waals surface area contributed by atoms with Crippen LogP contribution in [0.4, 0.5) is 16.2 Å². The van der Waals surface area contributed by atoms with Crippen molar-refractivity contribution in [3.63, 3.8) is 0 Å². The lowest BCUT2D eigenvalue weighted by molar-refractivity contribution is -0.131. The lowest BCUT2D eigenvalue weighted by Gasteiger charge is -2.53. The third kappa shape index (κ3) is 2.66. The second-order valence-electron chi connectivity index (χ2n) is 7.83. The molecule has 1 atom stereocenters. The van der Waals surface area contributed by atoms with Crippen LogP contribution in [0.5, 0.6) is 0 Å². The first-order chi connectivity index (χ1) is 13.8. The molecule has 0 aromatic heterocycles. The summed E-state index contributed by atoms with van der Waals surface area (Å²) in [5.41, 5.74) is 4.23. The van der Waals surface area contributed by atoms with E-state index in [0.29, 0.717) is 18.8 Å². The minimum Gasteiger partial charge on any atom is -0.349 e. The number of imide groups is 1. The number of likely N-dealkylation sites (N-methyl/N-ethyl adjacent to an activating group) is 3. The number of hydrogen-bond donors (Lipinski definition) is 0. The minimum absolute atomic E-state index is 0.242. The number of benzene rings is 2. The average molecular weight is 390 g/mol. The Kier molecular flexibility index (Phi) is 4.45. The molecule has 2 aromatic rings. The van der Waals surface area contributed by atoms with Crippen LogP contribution in [0.3, 0.4) is 0 Å². The van der Waals surface area contributed by atoms with Gasteiger partial charge in [-0.25, -0.2) is 4.79 Å². The van der Waals surface area contributed by atoms with Gasteiger partial charge in [-0.05, 0) is 49.6 Å². The second-order valence-corrected chi connectivity index (χ2v) is 7.83. The van der Waals surface area contributed by atoms with E-state index >= 15 is 0 Å². The normalized spacial score (nSPS) is 21.1. The van der Waals surface area contributed by atoms with Crippen molar-refractivity contribution in [1.82, 2.24) is 4.90 Å². The van der Waals surface area contributed by atoms with Gasteiger partial charge in [-0.15, -0.1) is 0 Å². The SMILES string of the molecule is CCN1c2cc(C)c(C)cc2N(C)C2=NC(=O)N(C)C(=O)C21Cc1ccccc1. The van der Waals surface area contributed by atoms with Gasteiger partial charge in [-0.3, -0.25) is 9.69 Å². The number of hydrogen-bond acceptors (Lipinski definition) is 4. The molecule has 3 amide bonds. The molecule has 2 aliphatic rings. The monoisotopic (exact) mass is 390 g/mol. The predicted octanol–water partition coefficient (Wildman–Crippen LogP) is 3.55. The maximum Gasteiger partial charge on any atom is 0.351 e. The summed E-state index contributed by atoms with van der Waals surface area (Å²) >= 11 is 0. The first-order valence-corrected chi connectivity index (χ1v) is 9.89. The van der Waals surface area contributed by atoms with E-state index in [1.807, 2.05) is 49.2 Å². The molecule has 0 spiro atoms. The molecular weight excluding hydrogens is 364 g/mol. The molecule has 0 saturated carbocycles. The highest BCUT2D eigenvalue weighted by atomic mass is 16.2. The number of amidine groups is 1. The molecular formula is C23H26N4O2. The number of aliphatic imine (C=N–C) groups is 1. The van der Waals surface area contributed by atoms with Crippen LogP contribution in [0, 0.1) is 13.8 Å². The maximum atomic E-state index is 13.7. The van der Waals surface area contributed by atoms with Crippen molar-refractivity contribution >= 4 is 29.1 Å². The molecule has 0 radical (unpaired) electrons. The number of urea groups is 1. The summed E-state index contributed by atoms with van der Waals surface area (Å²) in [5, 5.41) is 0. The standard InChI is InChI=1S/C23H26N4O2/c1-6-27-19-13-16(3)15(2)12-18(19)25(4)20-23(27,14-17-10-8-7-9-11-17)21(28)26(5)22(29)24-20/h7-13H,6,14H2,1-5H3. The second kappa shape index (κ2) is 6.72. The van der Waals surface area contributed by atoms with Gasteiger partial charge >= 0.3 is 6.03 Å². The van der Waals surface area contributed by atoms with Crippen LogP contribution in [-0.2, 0) is 11.2 Å². The van der Waals surface area contributed by atoms with E-state index in [1.165, 1.54) is 12.6 Å². The third-order valence-electron chi connectivity index (χ3n) is 6.16. The Bertz CT molecular complexity index is 1030. The fourth-order valence-electron chi connectivity index (χ4n) is 4.48. The van der Waals surface area contributed by atoms with Gasteiger partial charge in [0, 0.05) is 27.1 Å². The summed E-state index contributed by atoms with van der Waals surface area (Å²) in [4.78, 5) is 35.8. The quantitative estimate of drug-likeness (QED) is 0.804. The van der Waals surface area contributed by atoms with E-state index in [0.717, 1.165) is 27.4 Å². The summed E-state index contributed by atoms with van der Waals surface area (Å²) in [7, 11) is 3.41. The van der Waals surface area contributed by atoms with Crippen LogP contribution in [0.2, 0.25) is 0 Å². The van der Waals surface area contributed by atoms with Gasteiger partial charge in [0.25, 0.3) is 5.91 Å². The molecule has 2 aliphatic heterocycles. The first-order valence-electron chi connectivity index (χ1n) is 9.89. The van der Waals surface area contributed by atoms with Crippen molar-refractivity contribution in [2.75, 3.05) is 30.4 Å². The average Bonchev–Trinajstić information content (AvgIpc) is 2.71. The number of fused-ring (bicyclic) bond motifs is 2. The molecule has 0 saturated heterocycles. The Morgan fingerprint density at radius 3 is 2.17 bits per heavy atom. The molecule has 0 aliphatic carbocycles. The summed E-state index contributed by atoms with van der Waals surface area (Å²) in [5.74, 6) is 0.251. The number of nitrogens with zero attached hydrogens (tertiary/aromatic N) is 4. The smallest absolute Gasteiger partial charge is 0.349 e. The van der Waals surface area contributed by atoms with E-state index in [9.17, 15) is 9.59 Å². The van der Waals surface area contributed by atoms with Crippen LogP contribution in [-0.4, -0.2) is 48.9 Å². The number of anilines is 2. The van der Waals surface area contributed by atoms with Crippen LogP contribution < -0.4 is 9.80 Å². The number of carbonyl (C=O) groups excluding carboxylic acids is 2. The van der Waals surface area contributed by atoms with Gasteiger partial charge in [0.2, 0.25) is 0 Å². The lowest BCUT2D eigenvalue weighted by Crippen LogP contribution is -2.73. The molecule has 29 heavy (non-hydrogen) atoms. The van der Waals surface area contributed by atoms with Crippen molar-refractivity contribution in [3.05, 3.63) is 59.2 Å². The number of rotatable bonds is 3. The molecule has 2 aromatic carbocycles. The van der Waals surface area contributed by atoms with Gasteiger partial charge < -0.3 is 9.80 Å². The highest BCUT2D eigenvalue weighted by molar-refractivity contribution is 6.30. The predicted molar refractivity (Wildman–Crippen MR) is 116 cm³/mol. The minimum atomic E-state index is -1.07. The topological polar surface area (TPSA) is 56.2 Å². The molecule has 0 N–H and O–H groups in total. The lowest BCUT2D eigenvalue weighted by atomic mass is 9.81.